The molecule has 0 bridgehead atoms. The van der Waals surface area contributed by atoms with Gasteiger partial charge in [-0.1, -0.05) is 49.6 Å². The average molecular weight is 285 g/mol. The molecule has 1 aliphatic heterocycles. The zero-order valence-electron chi connectivity index (χ0n) is 12.9. The van der Waals surface area contributed by atoms with E-state index in [1.54, 1.807) is 0 Å². The summed E-state index contributed by atoms with van der Waals surface area (Å²) < 4.78 is 0. The molecule has 0 atom stereocenters. The van der Waals surface area contributed by atoms with Crippen molar-refractivity contribution in [3.05, 3.63) is 35.9 Å². The van der Waals surface area contributed by atoms with E-state index in [9.17, 15) is 0 Å². The van der Waals surface area contributed by atoms with Crippen LogP contribution < -0.4 is 5.73 Å². The Labute approximate surface area is 128 Å². The molecule has 0 amide bonds. The standard InChI is InChI=1S/C18H27N3/c19-17(20-15-16-7-3-1-4-8-16)21-13-11-18(12-14-21)9-5-2-6-10-18/h1,3-4,7-8H,2,5-6,9-15H2,(H2,19,20). The molecule has 0 aromatic heterocycles. The number of hydrogen-bond acceptors (Lipinski definition) is 1. The van der Waals surface area contributed by atoms with Crippen molar-refractivity contribution in [1.29, 1.82) is 0 Å². The number of benzene rings is 1. The van der Waals surface area contributed by atoms with E-state index in [0.29, 0.717) is 12.0 Å². The molecule has 1 aromatic rings. The SMILES string of the molecule is NC(=NCc1ccccc1)N1CCC2(CCCCC2)CC1. The number of hydrogen-bond donors (Lipinski definition) is 1. The van der Waals surface area contributed by atoms with Crippen molar-refractivity contribution in [3.8, 4) is 0 Å². The third-order valence-electron chi connectivity index (χ3n) is 5.33. The number of aliphatic imine (C=N–C) groups is 1. The molecular formula is C18H27N3. The van der Waals surface area contributed by atoms with Crippen molar-refractivity contribution < 1.29 is 0 Å². The summed E-state index contributed by atoms with van der Waals surface area (Å²) >= 11 is 0. The number of nitrogens with zero attached hydrogens (tertiary/aromatic N) is 2. The Kier molecular flexibility index (Phi) is 4.47. The minimum Gasteiger partial charge on any atom is -0.370 e. The first-order valence-corrected chi connectivity index (χ1v) is 8.36. The predicted molar refractivity (Wildman–Crippen MR) is 88.1 cm³/mol. The van der Waals surface area contributed by atoms with E-state index < -0.39 is 0 Å². The summed E-state index contributed by atoms with van der Waals surface area (Å²) in [5.41, 5.74) is 8.05. The van der Waals surface area contributed by atoms with Gasteiger partial charge >= 0.3 is 0 Å². The highest BCUT2D eigenvalue weighted by molar-refractivity contribution is 5.78. The highest BCUT2D eigenvalue weighted by Crippen LogP contribution is 2.44. The number of nitrogens with two attached hydrogens (primary N) is 1. The van der Waals surface area contributed by atoms with Crippen LogP contribution in [0.25, 0.3) is 0 Å². The Hall–Kier alpha value is -1.51. The largest absolute Gasteiger partial charge is 0.370 e. The third-order valence-corrected chi connectivity index (χ3v) is 5.33. The van der Waals surface area contributed by atoms with Crippen LogP contribution in [0.15, 0.2) is 35.3 Å². The summed E-state index contributed by atoms with van der Waals surface area (Å²) in [5, 5.41) is 0. The van der Waals surface area contributed by atoms with Gasteiger partial charge < -0.3 is 10.6 Å². The number of piperidine rings is 1. The molecule has 0 radical (unpaired) electrons. The molecule has 1 heterocycles. The molecule has 2 fully saturated rings. The van der Waals surface area contributed by atoms with Crippen molar-refractivity contribution in [2.75, 3.05) is 13.1 Å². The topological polar surface area (TPSA) is 41.6 Å². The Morgan fingerprint density at radius 1 is 1.00 bits per heavy atom. The summed E-state index contributed by atoms with van der Waals surface area (Å²) in [6.45, 7) is 2.86. The Bertz CT molecular complexity index is 464. The van der Waals surface area contributed by atoms with Crippen LogP contribution in [0.3, 0.4) is 0 Å². The van der Waals surface area contributed by atoms with Crippen LogP contribution >= 0.6 is 0 Å². The summed E-state index contributed by atoms with van der Waals surface area (Å²) in [5.74, 6) is 0.726. The van der Waals surface area contributed by atoms with Crippen LogP contribution in [-0.4, -0.2) is 23.9 Å². The van der Waals surface area contributed by atoms with Gasteiger partial charge in [-0.05, 0) is 36.7 Å². The second-order valence-electron chi connectivity index (χ2n) is 6.71. The van der Waals surface area contributed by atoms with E-state index in [4.69, 9.17) is 5.73 Å². The molecule has 1 saturated heterocycles. The van der Waals surface area contributed by atoms with E-state index in [1.165, 1.54) is 50.5 Å². The molecule has 0 unspecified atom stereocenters. The second kappa shape index (κ2) is 6.50. The van der Waals surface area contributed by atoms with Gasteiger partial charge in [0.05, 0.1) is 6.54 Å². The maximum absolute atomic E-state index is 6.19. The highest BCUT2D eigenvalue weighted by Gasteiger charge is 2.35. The predicted octanol–water partition coefficient (Wildman–Crippen LogP) is 3.55. The van der Waals surface area contributed by atoms with Gasteiger partial charge in [0.1, 0.15) is 0 Å². The number of rotatable bonds is 2. The van der Waals surface area contributed by atoms with Gasteiger partial charge in [-0.15, -0.1) is 0 Å². The van der Waals surface area contributed by atoms with Gasteiger partial charge in [0.2, 0.25) is 0 Å². The van der Waals surface area contributed by atoms with Crippen molar-refractivity contribution in [2.24, 2.45) is 16.1 Å². The van der Waals surface area contributed by atoms with Crippen molar-refractivity contribution in [3.63, 3.8) is 0 Å². The molecule has 114 valence electrons. The quantitative estimate of drug-likeness (QED) is 0.667. The van der Waals surface area contributed by atoms with Crippen molar-refractivity contribution in [2.45, 2.75) is 51.5 Å². The molecule has 1 spiro atoms. The van der Waals surface area contributed by atoms with E-state index in [2.05, 4.69) is 34.2 Å². The van der Waals surface area contributed by atoms with Crippen molar-refractivity contribution in [1.82, 2.24) is 4.90 Å². The maximum Gasteiger partial charge on any atom is 0.191 e. The van der Waals surface area contributed by atoms with Gasteiger partial charge in [0.15, 0.2) is 5.96 Å². The number of likely N-dealkylation sites (tertiary alicyclic amines) is 1. The molecule has 3 nitrogen and oxygen atoms in total. The van der Waals surface area contributed by atoms with Crippen LogP contribution in [0.4, 0.5) is 0 Å². The fourth-order valence-corrected chi connectivity index (χ4v) is 3.87. The minimum absolute atomic E-state index is 0.633. The molecule has 2 aliphatic rings. The van der Waals surface area contributed by atoms with Crippen LogP contribution in [0.5, 0.6) is 0 Å². The Morgan fingerprint density at radius 3 is 2.33 bits per heavy atom. The summed E-state index contributed by atoms with van der Waals surface area (Å²) in [6.07, 6.45) is 9.76. The summed E-state index contributed by atoms with van der Waals surface area (Å²) in [6, 6.07) is 10.3. The zero-order valence-corrected chi connectivity index (χ0v) is 12.9. The van der Waals surface area contributed by atoms with Crippen LogP contribution in [0.2, 0.25) is 0 Å². The fraction of sp³-hybridized carbons (Fsp3) is 0.611. The van der Waals surface area contributed by atoms with Crippen molar-refractivity contribution >= 4 is 5.96 Å². The first-order chi connectivity index (χ1) is 10.3. The maximum atomic E-state index is 6.19. The summed E-state index contributed by atoms with van der Waals surface area (Å²) in [4.78, 5) is 6.85. The smallest absolute Gasteiger partial charge is 0.191 e. The van der Waals surface area contributed by atoms with E-state index in [1.807, 2.05) is 6.07 Å². The lowest BCUT2D eigenvalue weighted by molar-refractivity contribution is 0.0972. The lowest BCUT2D eigenvalue weighted by atomic mass is 9.68. The van der Waals surface area contributed by atoms with E-state index in [0.717, 1.165) is 19.0 Å². The van der Waals surface area contributed by atoms with E-state index in [-0.39, 0.29) is 0 Å². The molecule has 1 aliphatic carbocycles. The minimum atomic E-state index is 0.633. The normalized spacial score (nSPS) is 22.5. The highest BCUT2D eigenvalue weighted by atomic mass is 15.3. The van der Waals surface area contributed by atoms with Crippen LogP contribution in [-0.2, 0) is 6.54 Å². The van der Waals surface area contributed by atoms with E-state index >= 15 is 0 Å². The molecule has 1 saturated carbocycles. The lowest BCUT2D eigenvalue weighted by Gasteiger charge is -2.44. The zero-order chi connectivity index (χ0) is 14.5. The van der Waals surface area contributed by atoms with Gasteiger partial charge in [0.25, 0.3) is 0 Å². The average Bonchev–Trinajstić information content (AvgIpc) is 2.55. The Morgan fingerprint density at radius 2 is 1.67 bits per heavy atom. The first-order valence-electron chi connectivity index (χ1n) is 8.36. The fourth-order valence-electron chi connectivity index (χ4n) is 3.87. The van der Waals surface area contributed by atoms with Crippen LogP contribution in [0.1, 0.15) is 50.5 Å². The summed E-state index contributed by atoms with van der Waals surface area (Å²) in [7, 11) is 0. The molecule has 21 heavy (non-hydrogen) atoms. The molecule has 2 N–H and O–H groups in total. The first kappa shape index (κ1) is 14.4. The molecular weight excluding hydrogens is 258 g/mol. The molecule has 1 aromatic carbocycles. The number of guanidine groups is 1. The molecule has 3 heteroatoms. The van der Waals surface area contributed by atoms with Crippen LogP contribution in [0, 0.1) is 5.41 Å². The monoisotopic (exact) mass is 285 g/mol. The van der Waals surface area contributed by atoms with Gasteiger partial charge in [-0.2, -0.15) is 0 Å². The van der Waals surface area contributed by atoms with Gasteiger partial charge in [0, 0.05) is 13.1 Å². The van der Waals surface area contributed by atoms with Gasteiger partial charge in [-0.3, -0.25) is 0 Å². The second-order valence-corrected chi connectivity index (χ2v) is 6.71. The third kappa shape index (κ3) is 3.58. The Balaban J connectivity index is 1.53. The van der Waals surface area contributed by atoms with Gasteiger partial charge in [-0.25, -0.2) is 4.99 Å². The molecule has 3 rings (SSSR count). The lowest BCUT2D eigenvalue weighted by Crippen LogP contribution is -2.46.